The van der Waals surface area contributed by atoms with E-state index in [2.05, 4.69) is 70.3 Å². The van der Waals surface area contributed by atoms with Crippen LogP contribution in [0.3, 0.4) is 0 Å². The fourth-order valence-electron chi connectivity index (χ4n) is 1.68. The Kier molecular flexibility index (Phi) is 6.17. The highest BCUT2D eigenvalue weighted by atomic mass is 79.9. The second kappa shape index (κ2) is 6.69. The van der Waals surface area contributed by atoms with Crippen molar-refractivity contribution in [1.82, 2.24) is 5.32 Å². The Balaban J connectivity index is 2.54. The van der Waals surface area contributed by atoms with E-state index < -0.39 is 0 Å². The van der Waals surface area contributed by atoms with Gasteiger partial charge in [0.2, 0.25) is 0 Å². The molecule has 0 saturated heterocycles. The quantitative estimate of drug-likeness (QED) is 0.667. The van der Waals surface area contributed by atoms with Gasteiger partial charge >= 0.3 is 0 Å². The Hall–Kier alpha value is 0.620. The Morgan fingerprint density at radius 1 is 1.35 bits per heavy atom. The predicted molar refractivity (Wildman–Crippen MR) is 85.1 cm³/mol. The first kappa shape index (κ1) is 15.7. The zero-order chi connectivity index (χ0) is 13.1. The van der Waals surface area contributed by atoms with E-state index in [0.29, 0.717) is 0 Å². The summed E-state index contributed by atoms with van der Waals surface area (Å²) in [4.78, 5) is 1.43. The summed E-state index contributed by atoms with van der Waals surface area (Å²) in [6.07, 6.45) is 1.16. The van der Waals surface area contributed by atoms with Gasteiger partial charge < -0.3 is 5.32 Å². The minimum absolute atomic E-state index is 0.222. The van der Waals surface area contributed by atoms with Crippen molar-refractivity contribution in [2.24, 2.45) is 5.92 Å². The third-order valence-electron chi connectivity index (χ3n) is 2.78. The summed E-state index contributed by atoms with van der Waals surface area (Å²) >= 11 is 9.04. The fourth-order valence-corrected chi connectivity index (χ4v) is 4.35. The number of halogens is 2. The zero-order valence-corrected chi connectivity index (χ0v) is 14.9. The van der Waals surface area contributed by atoms with E-state index in [4.69, 9.17) is 0 Å². The van der Waals surface area contributed by atoms with Gasteiger partial charge in [-0.2, -0.15) is 0 Å². The highest BCUT2D eigenvalue weighted by Gasteiger charge is 2.25. The SMILES string of the molecule is CC(C)CNCCC(C)(C)c1scc(Br)c1Br. The molecule has 0 atom stereocenters. The van der Waals surface area contributed by atoms with Gasteiger partial charge in [0.1, 0.15) is 0 Å². The van der Waals surface area contributed by atoms with E-state index in [1.165, 1.54) is 13.8 Å². The second-order valence-corrected chi connectivity index (χ2v) is 7.99. The number of rotatable bonds is 6. The van der Waals surface area contributed by atoms with Gasteiger partial charge in [-0.05, 0) is 57.3 Å². The Bertz CT molecular complexity index is 358. The monoisotopic (exact) mass is 381 g/mol. The van der Waals surface area contributed by atoms with Crippen molar-refractivity contribution >= 4 is 43.2 Å². The molecule has 0 bridgehead atoms. The van der Waals surface area contributed by atoms with Crippen molar-refractivity contribution in [1.29, 1.82) is 0 Å². The van der Waals surface area contributed by atoms with Crippen LogP contribution in [0.1, 0.15) is 39.0 Å². The third kappa shape index (κ3) is 4.66. The number of hydrogen-bond acceptors (Lipinski definition) is 2. The Labute approximate surface area is 126 Å². The topological polar surface area (TPSA) is 12.0 Å². The van der Waals surface area contributed by atoms with Crippen LogP contribution in [-0.4, -0.2) is 13.1 Å². The largest absolute Gasteiger partial charge is 0.316 e. The molecule has 4 heteroatoms. The van der Waals surface area contributed by atoms with Crippen LogP contribution in [0, 0.1) is 5.92 Å². The smallest absolute Gasteiger partial charge is 0.0462 e. The molecule has 0 fully saturated rings. The molecule has 0 spiro atoms. The van der Waals surface area contributed by atoms with E-state index in [0.717, 1.165) is 25.4 Å². The lowest BCUT2D eigenvalue weighted by molar-refractivity contribution is 0.447. The first-order valence-corrected chi connectivity index (χ1v) is 8.45. The minimum atomic E-state index is 0.222. The maximum absolute atomic E-state index is 3.66. The lowest BCUT2D eigenvalue weighted by Crippen LogP contribution is -2.27. The molecule has 98 valence electrons. The molecular formula is C13H21Br2NS. The van der Waals surface area contributed by atoms with Crippen molar-refractivity contribution in [3.05, 3.63) is 19.2 Å². The predicted octanol–water partition coefficient (Wildman–Crippen LogP) is 5.19. The maximum atomic E-state index is 3.66. The van der Waals surface area contributed by atoms with Crippen molar-refractivity contribution in [2.45, 2.75) is 39.5 Å². The molecule has 0 aliphatic heterocycles. The van der Waals surface area contributed by atoms with E-state index >= 15 is 0 Å². The van der Waals surface area contributed by atoms with Gasteiger partial charge in [0.25, 0.3) is 0 Å². The molecule has 17 heavy (non-hydrogen) atoms. The van der Waals surface area contributed by atoms with Gasteiger partial charge in [0.05, 0.1) is 0 Å². The zero-order valence-electron chi connectivity index (χ0n) is 10.9. The molecule has 0 aliphatic carbocycles. The highest BCUT2D eigenvalue weighted by molar-refractivity contribution is 9.13. The molecule has 1 N–H and O–H groups in total. The van der Waals surface area contributed by atoms with Crippen LogP contribution in [0.2, 0.25) is 0 Å². The number of thiophene rings is 1. The fraction of sp³-hybridized carbons (Fsp3) is 0.692. The van der Waals surface area contributed by atoms with E-state index in [9.17, 15) is 0 Å². The van der Waals surface area contributed by atoms with Gasteiger partial charge in [-0.15, -0.1) is 11.3 Å². The highest BCUT2D eigenvalue weighted by Crippen LogP contribution is 2.41. The molecule has 1 aromatic rings. The van der Waals surface area contributed by atoms with Crippen LogP contribution >= 0.6 is 43.2 Å². The Morgan fingerprint density at radius 2 is 2.00 bits per heavy atom. The van der Waals surface area contributed by atoms with Crippen LogP contribution in [0.15, 0.2) is 14.3 Å². The first-order chi connectivity index (χ1) is 7.84. The van der Waals surface area contributed by atoms with Crippen molar-refractivity contribution < 1.29 is 0 Å². The third-order valence-corrected chi connectivity index (χ3v) is 6.68. The lowest BCUT2D eigenvalue weighted by atomic mass is 9.87. The lowest BCUT2D eigenvalue weighted by Gasteiger charge is -2.24. The van der Waals surface area contributed by atoms with E-state index in [-0.39, 0.29) is 5.41 Å². The van der Waals surface area contributed by atoms with Crippen LogP contribution in [0.25, 0.3) is 0 Å². The van der Waals surface area contributed by atoms with Crippen LogP contribution in [0.5, 0.6) is 0 Å². The molecule has 1 rings (SSSR count). The summed E-state index contributed by atoms with van der Waals surface area (Å²) in [5, 5.41) is 5.67. The van der Waals surface area contributed by atoms with Crippen LogP contribution in [0.4, 0.5) is 0 Å². The number of nitrogens with one attached hydrogen (secondary N) is 1. The van der Waals surface area contributed by atoms with Gasteiger partial charge in [0.15, 0.2) is 0 Å². The maximum Gasteiger partial charge on any atom is 0.0462 e. The molecule has 0 aromatic carbocycles. The van der Waals surface area contributed by atoms with Gasteiger partial charge in [-0.3, -0.25) is 0 Å². The average molecular weight is 383 g/mol. The number of hydrogen-bond donors (Lipinski definition) is 1. The molecule has 1 heterocycles. The second-order valence-electron chi connectivity index (χ2n) is 5.46. The van der Waals surface area contributed by atoms with Crippen molar-refractivity contribution in [3.8, 4) is 0 Å². The molecule has 0 aliphatic rings. The molecule has 0 amide bonds. The van der Waals surface area contributed by atoms with Crippen LogP contribution < -0.4 is 5.32 Å². The van der Waals surface area contributed by atoms with Gasteiger partial charge in [-0.25, -0.2) is 0 Å². The van der Waals surface area contributed by atoms with Gasteiger partial charge in [-0.1, -0.05) is 27.7 Å². The van der Waals surface area contributed by atoms with Crippen molar-refractivity contribution in [3.63, 3.8) is 0 Å². The summed E-state index contributed by atoms with van der Waals surface area (Å²) in [5.74, 6) is 0.723. The minimum Gasteiger partial charge on any atom is -0.316 e. The molecule has 1 aromatic heterocycles. The normalized spacial score (nSPS) is 12.4. The molecule has 0 saturated carbocycles. The van der Waals surface area contributed by atoms with Crippen molar-refractivity contribution in [2.75, 3.05) is 13.1 Å². The summed E-state index contributed by atoms with van der Waals surface area (Å²) in [7, 11) is 0. The molecule has 0 radical (unpaired) electrons. The molecular weight excluding hydrogens is 362 g/mol. The average Bonchev–Trinajstić information content (AvgIpc) is 2.55. The molecule has 0 unspecified atom stereocenters. The van der Waals surface area contributed by atoms with Gasteiger partial charge in [0, 0.05) is 24.6 Å². The van der Waals surface area contributed by atoms with Crippen LogP contribution in [-0.2, 0) is 5.41 Å². The summed E-state index contributed by atoms with van der Waals surface area (Å²) < 4.78 is 2.39. The summed E-state index contributed by atoms with van der Waals surface area (Å²) in [5.41, 5.74) is 0.222. The van der Waals surface area contributed by atoms with E-state index in [1.807, 2.05) is 11.3 Å². The summed E-state index contributed by atoms with van der Waals surface area (Å²) in [6.45, 7) is 11.3. The molecule has 1 nitrogen and oxygen atoms in total. The Morgan fingerprint density at radius 3 is 2.47 bits per heavy atom. The van der Waals surface area contributed by atoms with E-state index in [1.54, 1.807) is 0 Å². The standard InChI is InChI=1S/C13H21Br2NS/c1-9(2)7-16-6-5-13(3,4)12-11(15)10(14)8-17-12/h8-9,16H,5-7H2,1-4H3. The summed E-state index contributed by atoms with van der Waals surface area (Å²) in [6, 6.07) is 0. The first-order valence-electron chi connectivity index (χ1n) is 5.98.